The number of benzene rings is 3. The Morgan fingerprint density at radius 2 is 1.17 bits per heavy atom. The first-order valence-corrected chi connectivity index (χ1v) is 15.0. The van der Waals surface area contributed by atoms with Crippen molar-refractivity contribution in [3.63, 3.8) is 0 Å². The molecule has 0 aliphatic rings. The molecule has 0 spiro atoms. The normalized spacial score (nSPS) is 11.6. The van der Waals surface area contributed by atoms with E-state index in [-0.39, 0.29) is 0 Å². The van der Waals surface area contributed by atoms with Gasteiger partial charge in [0, 0.05) is 35.4 Å². The van der Waals surface area contributed by atoms with Gasteiger partial charge in [0.15, 0.2) is 17.2 Å². The van der Waals surface area contributed by atoms with E-state index in [9.17, 15) is 0 Å². The summed E-state index contributed by atoms with van der Waals surface area (Å²) in [6.07, 6.45) is 2.16. The molecule has 0 radical (unpaired) electrons. The molecule has 0 atom stereocenters. The minimum Gasteiger partial charge on any atom is -0.220 e. The fourth-order valence-corrected chi connectivity index (χ4v) is 6.30. The molecule has 6 aromatic rings. The Balaban J connectivity index is 1.66. The summed E-state index contributed by atoms with van der Waals surface area (Å²) in [5.41, 5.74) is 12.4. The van der Waals surface area contributed by atoms with Crippen LogP contribution in [-0.2, 0) is 21.1 Å². The first-order chi connectivity index (χ1) is 20.3. The molecule has 4 heteroatoms. The molecule has 3 aromatic heterocycles. The van der Waals surface area contributed by atoms with Crippen molar-refractivity contribution in [3.8, 4) is 39.7 Å². The second-order valence-electron chi connectivity index (χ2n) is 11.9. The molecular weight excluding hydrogens is 512 g/mol. The van der Waals surface area contributed by atoms with E-state index < -0.39 is 0 Å². The second kappa shape index (κ2) is 11.0. The molecule has 0 unspecified atom stereocenters. The van der Waals surface area contributed by atoms with Gasteiger partial charge in [0.1, 0.15) is 19.8 Å². The van der Waals surface area contributed by atoms with Gasteiger partial charge in [-0.3, -0.25) is 0 Å². The minimum absolute atomic E-state index is 0.387. The molecule has 0 saturated carbocycles. The van der Waals surface area contributed by atoms with Gasteiger partial charge in [-0.25, -0.2) is 4.57 Å². The predicted molar refractivity (Wildman–Crippen MR) is 171 cm³/mol. The van der Waals surface area contributed by atoms with E-state index in [1.54, 1.807) is 0 Å². The highest BCUT2D eigenvalue weighted by atomic mass is 15.2. The summed E-state index contributed by atoms with van der Waals surface area (Å²) in [7, 11) is 6.52. The molecule has 3 heterocycles. The minimum atomic E-state index is 0.387. The average molecular weight is 554 g/mol. The van der Waals surface area contributed by atoms with Gasteiger partial charge >= 0.3 is 5.82 Å². The van der Waals surface area contributed by atoms with Crippen LogP contribution in [0.5, 0.6) is 0 Å². The van der Waals surface area contributed by atoms with E-state index in [1.807, 2.05) is 0 Å². The first-order valence-electron chi connectivity index (χ1n) is 15.0. The van der Waals surface area contributed by atoms with E-state index in [1.165, 1.54) is 39.0 Å². The largest absolute Gasteiger partial charge is 0.360 e. The maximum Gasteiger partial charge on any atom is 0.360 e. The van der Waals surface area contributed by atoms with Crippen molar-refractivity contribution in [2.45, 2.75) is 39.5 Å². The Bertz CT molecular complexity index is 1890. The quantitative estimate of drug-likeness (QED) is 0.192. The highest BCUT2D eigenvalue weighted by Gasteiger charge is 2.36. The van der Waals surface area contributed by atoms with Gasteiger partial charge in [-0.05, 0) is 41.2 Å². The van der Waals surface area contributed by atoms with Crippen LogP contribution in [0.4, 0.5) is 0 Å². The number of aromatic nitrogens is 4. The lowest BCUT2D eigenvalue weighted by atomic mass is 9.92. The number of fused-ring (bicyclic) bond motifs is 1. The van der Waals surface area contributed by atoms with Crippen LogP contribution in [0.25, 0.3) is 50.8 Å². The fourth-order valence-electron chi connectivity index (χ4n) is 6.30. The van der Waals surface area contributed by atoms with Crippen molar-refractivity contribution in [1.29, 1.82) is 0 Å². The van der Waals surface area contributed by atoms with E-state index in [4.69, 9.17) is 0 Å². The molecule has 0 N–H and O–H groups in total. The average Bonchev–Trinajstić information content (AvgIpc) is 3.29. The summed E-state index contributed by atoms with van der Waals surface area (Å²) in [6, 6.07) is 37.4. The van der Waals surface area contributed by atoms with Crippen molar-refractivity contribution in [2.24, 2.45) is 21.1 Å². The van der Waals surface area contributed by atoms with Crippen molar-refractivity contribution in [3.05, 3.63) is 120 Å². The lowest BCUT2D eigenvalue weighted by Crippen LogP contribution is -2.43. The Hall–Kier alpha value is -4.57. The van der Waals surface area contributed by atoms with Crippen molar-refractivity contribution in [1.82, 2.24) is 4.57 Å². The Kier molecular flexibility index (Phi) is 7.24. The van der Waals surface area contributed by atoms with Gasteiger partial charge in [-0.15, -0.1) is 0 Å². The molecule has 0 fully saturated rings. The molecule has 0 bridgehead atoms. The summed E-state index contributed by atoms with van der Waals surface area (Å²) in [6.45, 7) is 9.20. The van der Waals surface area contributed by atoms with Crippen molar-refractivity contribution in [2.75, 3.05) is 0 Å². The Labute approximate surface area is 249 Å². The number of para-hydroxylation sites is 3. The van der Waals surface area contributed by atoms with E-state index in [2.05, 4.69) is 176 Å². The van der Waals surface area contributed by atoms with E-state index >= 15 is 0 Å². The van der Waals surface area contributed by atoms with Crippen LogP contribution in [0, 0.1) is 0 Å². The number of hydrogen-bond donors (Lipinski definition) is 0. The molecule has 0 saturated heterocycles. The van der Waals surface area contributed by atoms with E-state index in [0.717, 1.165) is 22.9 Å². The van der Waals surface area contributed by atoms with Crippen LogP contribution in [0.2, 0.25) is 0 Å². The maximum atomic E-state index is 2.51. The fraction of sp³-hybridized carbons (Fsp3) is 0.237. The number of aryl methyl sites for hydroxylation is 2. The number of imidazole rings is 1. The first kappa shape index (κ1) is 27.6. The topological polar surface area (TPSA) is 16.6 Å². The molecule has 42 heavy (non-hydrogen) atoms. The SMILES string of the molecule is CC(C)c1cccc(C(C)C)c1-n1c(-c2cccc(-c3cc(-c4ccccc4)cc[n+]3C)[n+]2C)[n+](C)c2ccccc21. The number of hydrogen-bond acceptors (Lipinski definition) is 0. The van der Waals surface area contributed by atoms with Crippen LogP contribution >= 0.6 is 0 Å². The van der Waals surface area contributed by atoms with Crippen LogP contribution in [0.3, 0.4) is 0 Å². The molecule has 0 aliphatic heterocycles. The molecule has 0 aliphatic carbocycles. The molecule has 210 valence electrons. The molecular formula is C38H41N4+3. The predicted octanol–water partition coefficient (Wildman–Crippen LogP) is 7.35. The standard InChI is InChI=1S/C38H41N4/c1-26(2)30-17-13-18-31(27(3)4)37(30)42-34-20-12-11-19-32(34)41(7)38(42)35-22-14-21-33(40(35)6)36-25-29(23-24-39(36)5)28-15-9-8-10-16-28/h8-27H,1-7H3/q+3. The summed E-state index contributed by atoms with van der Waals surface area (Å²) < 4.78 is 9.43. The zero-order valence-corrected chi connectivity index (χ0v) is 25.8. The van der Waals surface area contributed by atoms with Crippen LogP contribution in [0.15, 0.2) is 109 Å². The highest BCUT2D eigenvalue weighted by molar-refractivity contribution is 5.79. The lowest BCUT2D eigenvalue weighted by Gasteiger charge is -2.18. The third-order valence-corrected chi connectivity index (χ3v) is 8.56. The Morgan fingerprint density at radius 1 is 0.548 bits per heavy atom. The lowest BCUT2D eigenvalue weighted by molar-refractivity contribution is -0.692. The molecule has 3 aromatic carbocycles. The maximum absolute atomic E-state index is 2.51. The summed E-state index contributed by atoms with van der Waals surface area (Å²) in [5.74, 6) is 1.94. The van der Waals surface area contributed by atoms with Crippen LogP contribution in [0.1, 0.15) is 50.7 Å². The van der Waals surface area contributed by atoms with Crippen LogP contribution < -0.4 is 13.7 Å². The van der Waals surface area contributed by atoms with E-state index in [0.29, 0.717) is 11.8 Å². The highest BCUT2D eigenvalue weighted by Crippen LogP contribution is 2.36. The molecule has 4 nitrogen and oxygen atoms in total. The van der Waals surface area contributed by atoms with Gasteiger partial charge in [0.05, 0.1) is 7.05 Å². The van der Waals surface area contributed by atoms with Crippen molar-refractivity contribution >= 4 is 11.0 Å². The number of nitrogens with zero attached hydrogens (tertiary/aromatic N) is 4. The third kappa shape index (κ3) is 4.61. The summed E-state index contributed by atoms with van der Waals surface area (Å²) in [4.78, 5) is 0. The monoisotopic (exact) mass is 553 g/mol. The zero-order chi connectivity index (χ0) is 29.5. The van der Waals surface area contributed by atoms with Gasteiger partial charge < -0.3 is 0 Å². The van der Waals surface area contributed by atoms with Crippen molar-refractivity contribution < 1.29 is 13.7 Å². The van der Waals surface area contributed by atoms with Gasteiger partial charge in [-0.1, -0.05) is 88.4 Å². The zero-order valence-electron chi connectivity index (χ0n) is 25.8. The number of rotatable bonds is 6. The third-order valence-electron chi connectivity index (χ3n) is 8.56. The number of pyridine rings is 2. The summed E-state index contributed by atoms with van der Waals surface area (Å²) >= 11 is 0. The molecule has 6 rings (SSSR count). The van der Waals surface area contributed by atoms with Gasteiger partial charge in [-0.2, -0.15) is 13.7 Å². The Morgan fingerprint density at radius 3 is 1.86 bits per heavy atom. The molecule has 0 amide bonds. The summed E-state index contributed by atoms with van der Waals surface area (Å²) in [5, 5.41) is 0. The van der Waals surface area contributed by atoms with Gasteiger partial charge in [0.25, 0.3) is 17.1 Å². The smallest absolute Gasteiger partial charge is 0.220 e. The van der Waals surface area contributed by atoms with Crippen LogP contribution in [-0.4, -0.2) is 4.57 Å². The second-order valence-corrected chi connectivity index (χ2v) is 11.9. The van der Waals surface area contributed by atoms with Gasteiger partial charge in [0.2, 0.25) is 0 Å².